The van der Waals surface area contributed by atoms with Crippen LogP contribution < -0.4 is 14.4 Å². The summed E-state index contributed by atoms with van der Waals surface area (Å²) in [6, 6.07) is 14.3. The molecule has 0 unspecified atom stereocenters. The van der Waals surface area contributed by atoms with Crippen molar-refractivity contribution in [1.29, 1.82) is 0 Å². The molecule has 1 atom stereocenters. The van der Waals surface area contributed by atoms with E-state index in [0.29, 0.717) is 27.9 Å². The van der Waals surface area contributed by atoms with Crippen LogP contribution in [0.2, 0.25) is 10.0 Å². The Labute approximate surface area is 256 Å². The predicted octanol–water partition coefficient (Wildman–Crippen LogP) is 5.92. The molecule has 0 aliphatic heterocycles. The van der Waals surface area contributed by atoms with Gasteiger partial charge in [-0.2, -0.15) is 0 Å². The predicted molar refractivity (Wildman–Crippen MR) is 163 cm³/mol. The molecule has 3 aromatic rings. The standard InChI is InChI=1S/C30H34Cl2FN3O5S/c1-5-28(30(38)34-17-20(2)3)35(18-21-6-7-22(31)16-27(21)32)29(37)19-36(24-10-8-23(33)9-11-24)42(39,40)26-14-12-25(41-4)13-15-26/h6-16,20,28H,5,17-19H2,1-4H3,(H,34,38)/t28-/m0/s1. The molecule has 0 fully saturated rings. The smallest absolute Gasteiger partial charge is 0.264 e. The van der Waals surface area contributed by atoms with Gasteiger partial charge < -0.3 is 15.0 Å². The molecule has 0 bridgehead atoms. The van der Waals surface area contributed by atoms with E-state index >= 15 is 0 Å². The van der Waals surface area contributed by atoms with Gasteiger partial charge in [-0.25, -0.2) is 12.8 Å². The quantitative estimate of drug-likeness (QED) is 0.251. The number of carbonyl (C=O) groups is 2. The van der Waals surface area contributed by atoms with Gasteiger partial charge in [0.25, 0.3) is 10.0 Å². The second-order valence-corrected chi connectivity index (χ2v) is 12.7. The van der Waals surface area contributed by atoms with Crippen molar-refractivity contribution in [1.82, 2.24) is 10.2 Å². The minimum absolute atomic E-state index is 0.0716. The maximum atomic E-state index is 14.1. The molecule has 0 aromatic heterocycles. The summed E-state index contributed by atoms with van der Waals surface area (Å²) in [6.45, 7) is 5.30. The Morgan fingerprint density at radius 1 is 1.00 bits per heavy atom. The fraction of sp³-hybridized carbons (Fsp3) is 0.333. The molecular weight excluding hydrogens is 604 g/mol. The van der Waals surface area contributed by atoms with Crippen LogP contribution in [0.1, 0.15) is 32.8 Å². The second kappa shape index (κ2) is 14.7. The van der Waals surface area contributed by atoms with Gasteiger partial charge >= 0.3 is 0 Å². The Morgan fingerprint density at radius 2 is 1.64 bits per heavy atom. The SMILES string of the molecule is CC[C@@H](C(=O)NCC(C)C)N(Cc1ccc(Cl)cc1Cl)C(=O)CN(c1ccc(F)cc1)S(=O)(=O)c1ccc(OC)cc1. The molecule has 8 nitrogen and oxygen atoms in total. The van der Waals surface area contributed by atoms with Crippen molar-refractivity contribution in [3.63, 3.8) is 0 Å². The highest BCUT2D eigenvalue weighted by molar-refractivity contribution is 7.92. The highest BCUT2D eigenvalue weighted by Gasteiger charge is 2.34. The first-order chi connectivity index (χ1) is 19.9. The Kier molecular flexibility index (Phi) is 11.6. The van der Waals surface area contributed by atoms with Gasteiger partial charge in [0.15, 0.2) is 0 Å². The number of hydrogen-bond acceptors (Lipinski definition) is 5. The van der Waals surface area contributed by atoms with E-state index in [4.69, 9.17) is 27.9 Å². The van der Waals surface area contributed by atoms with Crippen molar-refractivity contribution in [2.24, 2.45) is 5.92 Å². The fourth-order valence-corrected chi connectivity index (χ4v) is 6.07. The third-order valence-corrected chi connectivity index (χ3v) is 8.84. The van der Waals surface area contributed by atoms with Gasteiger partial charge in [-0.1, -0.05) is 50.0 Å². The molecule has 3 rings (SSSR count). The van der Waals surface area contributed by atoms with Crippen LogP contribution in [0.5, 0.6) is 5.75 Å². The van der Waals surface area contributed by atoms with E-state index in [9.17, 15) is 22.4 Å². The van der Waals surface area contributed by atoms with Crippen molar-refractivity contribution in [2.45, 2.75) is 44.7 Å². The van der Waals surface area contributed by atoms with E-state index in [1.165, 1.54) is 54.5 Å². The third-order valence-electron chi connectivity index (χ3n) is 6.47. The number of ether oxygens (including phenoxy) is 1. The zero-order valence-electron chi connectivity index (χ0n) is 23.8. The van der Waals surface area contributed by atoms with Gasteiger partial charge in [0.05, 0.1) is 17.7 Å². The van der Waals surface area contributed by atoms with Crippen LogP contribution in [0.25, 0.3) is 0 Å². The zero-order valence-corrected chi connectivity index (χ0v) is 26.1. The summed E-state index contributed by atoms with van der Waals surface area (Å²) in [5.74, 6) is -0.990. The van der Waals surface area contributed by atoms with Gasteiger partial charge in [0.2, 0.25) is 11.8 Å². The largest absolute Gasteiger partial charge is 0.497 e. The lowest BCUT2D eigenvalue weighted by Crippen LogP contribution is -2.52. The van der Waals surface area contributed by atoms with Gasteiger partial charge in [-0.15, -0.1) is 0 Å². The van der Waals surface area contributed by atoms with Crippen LogP contribution in [-0.2, 0) is 26.2 Å². The number of hydrogen-bond donors (Lipinski definition) is 1. The summed E-state index contributed by atoms with van der Waals surface area (Å²) in [7, 11) is -2.86. The van der Waals surface area contributed by atoms with Gasteiger partial charge in [-0.05, 0) is 78.6 Å². The number of halogens is 3. The molecule has 12 heteroatoms. The molecule has 0 heterocycles. The minimum atomic E-state index is -4.32. The van der Waals surface area contributed by atoms with Crippen LogP contribution >= 0.6 is 23.2 Å². The van der Waals surface area contributed by atoms with Gasteiger partial charge in [0.1, 0.15) is 24.2 Å². The highest BCUT2D eigenvalue weighted by atomic mass is 35.5. The molecule has 42 heavy (non-hydrogen) atoms. The third kappa shape index (κ3) is 8.36. The number of sulfonamides is 1. The lowest BCUT2D eigenvalue weighted by Gasteiger charge is -2.33. The zero-order chi connectivity index (χ0) is 31.0. The van der Waals surface area contributed by atoms with Crippen LogP contribution in [0.15, 0.2) is 71.6 Å². The first-order valence-corrected chi connectivity index (χ1v) is 15.5. The maximum Gasteiger partial charge on any atom is 0.264 e. The summed E-state index contributed by atoms with van der Waals surface area (Å²) >= 11 is 12.5. The average molecular weight is 639 g/mol. The summed E-state index contributed by atoms with van der Waals surface area (Å²) < 4.78 is 47.6. The molecule has 1 N–H and O–H groups in total. The van der Waals surface area contributed by atoms with E-state index < -0.39 is 34.3 Å². The van der Waals surface area contributed by atoms with Crippen LogP contribution in [-0.4, -0.2) is 51.4 Å². The van der Waals surface area contributed by atoms with Gasteiger partial charge in [0, 0.05) is 23.1 Å². The van der Waals surface area contributed by atoms with Crippen molar-refractivity contribution >= 4 is 50.7 Å². The number of rotatable bonds is 13. The first-order valence-electron chi connectivity index (χ1n) is 13.3. The van der Waals surface area contributed by atoms with Crippen LogP contribution in [0, 0.1) is 11.7 Å². The molecule has 0 saturated carbocycles. The lowest BCUT2D eigenvalue weighted by atomic mass is 10.1. The van der Waals surface area contributed by atoms with E-state index in [-0.39, 0.29) is 35.4 Å². The minimum Gasteiger partial charge on any atom is -0.497 e. The molecule has 0 aliphatic carbocycles. The van der Waals surface area contributed by atoms with Crippen molar-refractivity contribution < 1.29 is 27.1 Å². The summed E-state index contributed by atoms with van der Waals surface area (Å²) in [6.07, 6.45) is 0.253. The Morgan fingerprint density at radius 3 is 2.19 bits per heavy atom. The molecule has 0 aliphatic rings. The van der Waals surface area contributed by atoms with E-state index in [1.807, 2.05) is 13.8 Å². The molecule has 0 radical (unpaired) electrons. The summed E-state index contributed by atoms with van der Waals surface area (Å²) in [4.78, 5) is 28.6. The van der Waals surface area contributed by atoms with Crippen LogP contribution in [0.4, 0.5) is 10.1 Å². The average Bonchev–Trinajstić information content (AvgIpc) is 2.96. The highest BCUT2D eigenvalue weighted by Crippen LogP contribution is 2.28. The summed E-state index contributed by atoms with van der Waals surface area (Å²) in [5.41, 5.74) is 0.596. The molecule has 226 valence electrons. The number of benzene rings is 3. The Bertz CT molecular complexity index is 1490. The fourth-order valence-electron chi connectivity index (χ4n) is 4.19. The molecule has 0 spiro atoms. The second-order valence-electron chi connectivity index (χ2n) is 9.98. The van der Waals surface area contributed by atoms with Crippen LogP contribution in [0.3, 0.4) is 0 Å². The molecular formula is C30H34Cl2FN3O5S. The number of anilines is 1. The molecule has 3 aromatic carbocycles. The topological polar surface area (TPSA) is 96.0 Å². The number of nitrogens with zero attached hydrogens (tertiary/aromatic N) is 2. The Hall–Kier alpha value is -3.34. The van der Waals surface area contributed by atoms with Crippen molar-refractivity contribution in [3.05, 3.63) is 88.2 Å². The monoisotopic (exact) mass is 637 g/mol. The molecule has 2 amide bonds. The normalized spacial score (nSPS) is 12.1. The number of carbonyl (C=O) groups excluding carboxylic acids is 2. The number of amides is 2. The number of methoxy groups -OCH3 is 1. The first kappa shape index (κ1) is 33.2. The van der Waals surface area contributed by atoms with E-state index in [0.717, 1.165) is 16.4 Å². The van der Waals surface area contributed by atoms with Gasteiger partial charge in [-0.3, -0.25) is 13.9 Å². The molecule has 0 saturated heterocycles. The van der Waals surface area contributed by atoms with Crippen molar-refractivity contribution in [2.75, 3.05) is 24.5 Å². The van der Waals surface area contributed by atoms with Crippen molar-refractivity contribution in [3.8, 4) is 5.75 Å². The van der Waals surface area contributed by atoms with E-state index in [2.05, 4.69) is 5.32 Å². The number of nitrogens with one attached hydrogen (secondary N) is 1. The van der Waals surface area contributed by atoms with E-state index in [1.54, 1.807) is 19.1 Å². The summed E-state index contributed by atoms with van der Waals surface area (Å²) in [5, 5.41) is 3.55. The Balaban J connectivity index is 2.06. The lowest BCUT2D eigenvalue weighted by molar-refractivity contribution is -0.140. The maximum absolute atomic E-state index is 14.1.